The SMILES string of the molecule is C=C(C)C/C(=C/C(C)C(C)C)O[Si](C(C)C)(C(C)C)C(C)C. The van der Waals surface area contributed by atoms with Crippen molar-refractivity contribution in [2.45, 2.75) is 92.3 Å². The molecule has 0 aromatic rings. The fourth-order valence-electron chi connectivity index (χ4n) is 3.49. The van der Waals surface area contributed by atoms with E-state index in [1.165, 1.54) is 5.57 Å². The van der Waals surface area contributed by atoms with E-state index in [1.54, 1.807) is 0 Å². The average molecular weight is 325 g/mol. The maximum absolute atomic E-state index is 6.89. The fraction of sp³-hybridized carbons (Fsp3) is 0.800. The minimum absolute atomic E-state index is 0.535. The molecule has 0 amide bonds. The van der Waals surface area contributed by atoms with Gasteiger partial charge in [-0.05, 0) is 41.5 Å². The smallest absolute Gasteiger partial charge is 0.258 e. The predicted molar refractivity (Wildman–Crippen MR) is 104 cm³/mol. The maximum Gasteiger partial charge on any atom is 0.258 e. The van der Waals surface area contributed by atoms with Crippen molar-refractivity contribution >= 4 is 8.32 Å². The average Bonchev–Trinajstić information content (AvgIpc) is 2.33. The van der Waals surface area contributed by atoms with Crippen LogP contribution in [0.4, 0.5) is 0 Å². The Morgan fingerprint density at radius 2 is 1.32 bits per heavy atom. The molecule has 1 unspecified atom stereocenters. The summed E-state index contributed by atoms with van der Waals surface area (Å²) in [6.45, 7) is 27.1. The Morgan fingerprint density at radius 1 is 0.909 bits per heavy atom. The molecule has 22 heavy (non-hydrogen) atoms. The van der Waals surface area contributed by atoms with Crippen molar-refractivity contribution in [1.82, 2.24) is 0 Å². The summed E-state index contributed by atoms with van der Waals surface area (Å²) in [7, 11) is -1.87. The summed E-state index contributed by atoms with van der Waals surface area (Å²) in [6.07, 6.45) is 3.23. The van der Waals surface area contributed by atoms with Gasteiger partial charge in [-0.3, -0.25) is 0 Å². The summed E-state index contributed by atoms with van der Waals surface area (Å²) in [5.41, 5.74) is 3.00. The minimum atomic E-state index is -1.87. The van der Waals surface area contributed by atoms with Crippen LogP contribution in [0, 0.1) is 11.8 Å². The molecule has 0 rings (SSSR count). The molecule has 130 valence electrons. The van der Waals surface area contributed by atoms with Gasteiger partial charge in [0.15, 0.2) is 0 Å². The first-order chi connectivity index (χ1) is 9.95. The molecule has 0 bridgehead atoms. The zero-order chi connectivity index (χ0) is 17.7. The molecule has 0 saturated heterocycles. The van der Waals surface area contributed by atoms with E-state index in [9.17, 15) is 0 Å². The van der Waals surface area contributed by atoms with Crippen LogP contribution in [0.15, 0.2) is 24.0 Å². The van der Waals surface area contributed by atoms with Crippen LogP contribution in [0.5, 0.6) is 0 Å². The Bertz CT molecular complexity index is 355. The van der Waals surface area contributed by atoms with Crippen LogP contribution in [0.25, 0.3) is 0 Å². The number of hydrogen-bond donors (Lipinski definition) is 0. The van der Waals surface area contributed by atoms with Gasteiger partial charge in [0.25, 0.3) is 8.32 Å². The molecular weight excluding hydrogens is 284 g/mol. The topological polar surface area (TPSA) is 9.23 Å². The summed E-state index contributed by atoms with van der Waals surface area (Å²) in [5, 5.41) is 0. The third-order valence-electron chi connectivity index (χ3n) is 4.99. The van der Waals surface area contributed by atoms with Gasteiger partial charge in [0.05, 0.1) is 5.76 Å². The van der Waals surface area contributed by atoms with Crippen molar-refractivity contribution in [2.75, 3.05) is 0 Å². The molecular formula is C20H40OSi. The van der Waals surface area contributed by atoms with E-state index in [4.69, 9.17) is 4.43 Å². The highest BCUT2D eigenvalue weighted by atomic mass is 28.4. The van der Waals surface area contributed by atoms with E-state index in [0.29, 0.717) is 28.5 Å². The van der Waals surface area contributed by atoms with Gasteiger partial charge >= 0.3 is 0 Å². The number of rotatable bonds is 9. The molecule has 0 fully saturated rings. The molecule has 1 atom stereocenters. The Labute approximate surface area is 141 Å². The van der Waals surface area contributed by atoms with Gasteiger partial charge < -0.3 is 4.43 Å². The van der Waals surface area contributed by atoms with Crippen LogP contribution >= 0.6 is 0 Å². The number of allylic oxidation sites excluding steroid dienone is 2. The van der Waals surface area contributed by atoms with E-state index < -0.39 is 8.32 Å². The molecule has 0 radical (unpaired) electrons. The van der Waals surface area contributed by atoms with E-state index in [2.05, 4.69) is 81.9 Å². The second-order valence-corrected chi connectivity index (χ2v) is 13.7. The normalized spacial score (nSPS) is 15.1. The highest BCUT2D eigenvalue weighted by Crippen LogP contribution is 2.44. The molecule has 0 aromatic heterocycles. The Balaban J connectivity index is 5.69. The van der Waals surface area contributed by atoms with Gasteiger partial charge in [-0.25, -0.2) is 0 Å². The van der Waals surface area contributed by atoms with Crippen molar-refractivity contribution < 1.29 is 4.43 Å². The monoisotopic (exact) mass is 324 g/mol. The van der Waals surface area contributed by atoms with Gasteiger partial charge in [0.2, 0.25) is 0 Å². The van der Waals surface area contributed by atoms with Crippen LogP contribution in [0.2, 0.25) is 16.6 Å². The van der Waals surface area contributed by atoms with Gasteiger partial charge in [-0.2, -0.15) is 0 Å². The molecule has 0 heterocycles. The van der Waals surface area contributed by atoms with Crippen molar-refractivity contribution in [1.29, 1.82) is 0 Å². The standard InChI is InChI=1S/C20H40OSi/c1-14(2)12-20(13-19(11)15(3)4)21-22(16(5)6,17(7)8)18(9)10/h13,15-19H,1,12H2,2-11H3/b20-13-. The zero-order valence-electron chi connectivity index (χ0n) is 16.8. The van der Waals surface area contributed by atoms with Crippen LogP contribution in [0.3, 0.4) is 0 Å². The van der Waals surface area contributed by atoms with Crippen LogP contribution < -0.4 is 0 Å². The van der Waals surface area contributed by atoms with E-state index in [0.717, 1.165) is 12.2 Å². The van der Waals surface area contributed by atoms with Crippen molar-refractivity contribution in [2.24, 2.45) is 11.8 Å². The van der Waals surface area contributed by atoms with E-state index >= 15 is 0 Å². The third kappa shape index (κ3) is 5.61. The van der Waals surface area contributed by atoms with Gasteiger partial charge in [0.1, 0.15) is 0 Å². The first kappa shape index (κ1) is 21.5. The van der Waals surface area contributed by atoms with Crippen molar-refractivity contribution in [3.05, 3.63) is 24.0 Å². The predicted octanol–water partition coefficient (Wildman–Crippen LogP) is 7.32. The summed E-state index contributed by atoms with van der Waals surface area (Å²) in [4.78, 5) is 0. The van der Waals surface area contributed by atoms with Crippen molar-refractivity contribution in [3.63, 3.8) is 0 Å². The number of hydrogen-bond acceptors (Lipinski definition) is 1. The van der Waals surface area contributed by atoms with Gasteiger partial charge in [-0.1, -0.05) is 74.5 Å². The summed E-state index contributed by atoms with van der Waals surface area (Å²) < 4.78 is 6.89. The first-order valence-corrected chi connectivity index (χ1v) is 11.1. The van der Waals surface area contributed by atoms with E-state index in [-0.39, 0.29) is 0 Å². The molecule has 2 heteroatoms. The minimum Gasteiger partial charge on any atom is -0.546 e. The molecule has 1 nitrogen and oxygen atoms in total. The van der Waals surface area contributed by atoms with Crippen molar-refractivity contribution in [3.8, 4) is 0 Å². The lowest BCUT2D eigenvalue weighted by Crippen LogP contribution is -2.47. The molecule has 0 aromatic carbocycles. The lowest BCUT2D eigenvalue weighted by atomic mass is 9.96. The van der Waals surface area contributed by atoms with Gasteiger partial charge in [0, 0.05) is 6.42 Å². The lowest BCUT2D eigenvalue weighted by molar-refractivity contribution is 0.351. The van der Waals surface area contributed by atoms with Crippen LogP contribution in [0.1, 0.15) is 75.7 Å². The Morgan fingerprint density at radius 3 is 1.59 bits per heavy atom. The summed E-state index contributed by atoms with van der Waals surface area (Å²) in [6, 6.07) is 0. The Hall–Kier alpha value is -0.503. The maximum atomic E-state index is 6.89. The molecule has 0 saturated carbocycles. The van der Waals surface area contributed by atoms with Gasteiger partial charge in [-0.15, -0.1) is 0 Å². The van der Waals surface area contributed by atoms with Crippen LogP contribution in [-0.2, 0) is 4.43 Å². The molecule has 0 N–H and O–H groups in total. The Kier molecular flexibility index (Phi) is 8.75. The molecule has 0 aliphatic carbocycles. The second-order valence-electron chi connectivity index (χ2n) is 8.29. The summed E-state index contributed by atoms with van der Waals surface area (Å²) in [5.74, 6) is 2.33. The zero-order valence-corrected chi connectivity index (χ0v) is 17.8. The first-order valence-electron chi connectivity index (χ1n) is 8.99. The van der Waals surface area contributed by atoms with Crippen LogP contribution in [-0.4, -0.2) is 8.32 Å². The largest absolute Gasteiger partial charge is 0.546 e. The second kappa shape index (κ2) is 8.96. The molecule has 0 aliphatic heterocycles. The fourth-order valence-corrected chi connectivity index (χ4v) is 8.79. The third-order valence-corrected chi connectivity index (χ3v) is 11.0. The van der Waals surface area contributed by atoms with E-state index in [1.807, 2.05) is 0 Å². The summed E-state index contributed by atoms with van der Waals surface area (Å²) >= 11 is 0. The molecule has 0 aliphatic rings. The quantitative estimate of drug-likeness (QED) is 0.245. The lowest BCUT2D eigenvalue weighted by Gasteiger charge is -2.43. The highest BCUT2D eigenvalue weighted by Gasteiger charge is 2.47. The highest BCUT2D eigenvalue weighted by molar-refractivity contribution is 6.77. The molecule has 0 spiro atoms.